The van der Waals surface area contributed by atoms with E-state index in [1.165, 1.54) is 17.0 Å². The average molecular weight is 422 g/mol. The zero-order valence-corrected chi connectivity index (χ0v) is 17.9. The number of halogens is 2. The fourth-order valence-electron chi connectivity index (χ4n) is 3.66. The maximum absolute atomic E-state index is 13.3. The van der Waals surface area contributed by atoms with Gasteiger partial charge in [0.15, 0.2) is 6.54 Å². The molecule has 1 aliphatic heterocycles. The van der Waals surface area contributed by atoms with Crippen LogP contribution < -0.4 is 4.90 Å². The minimum atomic E-state index is -0.251. The molecule has 2 atom stereocenters. The molecule has 1 heterocycles. The lowest BCUT2D eigenvalue weighted by Gasteiger charge is -2.27. The van der Waals surface area contributed by atoms with E-state index in [9.17, 15) is 9.18 Å². The highest BCUT2D eigenvalue weighted by atomic mass is 35.5. The largest absolute Gasteiger partial charge is 0.323 e. The second kappa shape index (κ2) is 9.77. The summed E-state index contributed by atoms with van der Waals surface area (Å²) in [6.45, 7) is 7.22. The average Bonchev–Trinajstić information content (AvgIpc) is 3.11. The van der Waals surface area contributed by atoms with Gasteiger partial charge >= 0.3 is 0 Å². The van der Waals surface area contributed by atoms with Crippen molar-refractivity contribution in [1.82, 2.24) is 4.90 Å². The molecule has 1 N–H and O–H groups in total. The predicted octanol–water partition coefficient (Wildman–Crippen LogP) is 3.79. The number of nitrogens with one attached hydrogen (secondary N) is 1. The first-order valence-corrected chi connectivity index (χ1v) is 11.1. The van der Waals surface area contributed by atoms with Crippen LogP contribution in [0.15, 0.2) is 48.5 Å². The monoisotopic (exact) mass is 421 g/mol. The lowest BCUT2D eigenvalue weighted by Crippen LogP contribution is -3.12. The van der Waals surface area contributed by atoms with Crippen molar-refractivity contribution in [3.63, 3.8) is 0 Å². The van der Waals surface area contributed by atoms with Crippen molar-refractivity contribution in [2.24, 2.45) is 5.92 Å². The summed E-state index contributed by atoms with van der Waals surface area (Å²) in [5.74, 6) is 1.29. The van der Waals surface area contributed by atoms with E-state index in [1.54, 1.807) is 23.9 Å². The van der Waals surface area contributed by atoms with Crippen LogP contribution in [0.2, 0.25) is 5.02 Å². The Morgan fingerprint density at radius 3 is 2.71 bits per heavy atom. The minimum absolute atomic E-state index is 0.0282. The maximum Gasteiger partial charge on any atom is 0.278 e. The molecule has 28 heavy (non-hydrogen) atoms. The Balaban J connectivity index is 1.70. The molecule has 6 heteroatoms. The molecule has 1 unspecified atom stereocenters. The third-order valence-electron chi connectivity index (χ3n) is 4.81. The highest BCUT2D eigenvalue weighted by Crippen LogP contribution is 2.37. The van der Waals surface area contributed by atoms with Crippen LogP contribution in [0.25, 0.3) is 0 Å². The maximum atomic E-state index is 13.3. The van der Waals surface area contributed by atoms with Crippen molar-refractivity contribution in [1.29, 1.82) is 0 Å². The van der Waals surface area contributed by atoms with Crippen LogP contribution >= 0.6 is 23.4 Å². The van der Waals surface area contributed by atoms with Crippen LogP contribution in [-0.4, -0.2) is 36.2 Å². The molecule has 0 aliphatic carbocycles. The molecule has 1 amide bonds. The van der Waals surface area contributed by atoms with Gasteiger partial charge in [0.1, 0.15) is 17.7 Å². The Hall–Kier alpha value is -1.56. The molecule has 2 aromatic rings. The van der Waals surface area contributed by atoms with Gasteiger partial charge in [-0.25, -0.2) is 4.39 Å². The zero-order chi connectivity index (χ0) is 20.1. The summed E-state index contributed by atoms with van der Waals surface area (Å²) in [5.41, 5.74) is 2.12. The van der Waals surface area contributed by atoms with Gasteiger partial charge in [0.05, 0.1) is 6.54 Å². The van der Waals surface area contributed by atoms with Gasteiger partial charge in [0.2, 0.25) is 0 Å². The van der Waals surface area contributed by atoms with E-state index in [1.807, 2.05) is 23.1 Å². The Kier molecular flexibility index (Phi) is 7.38. The molecular formula is C22H27ClFN2OS+. The van der Waals surface area contributed by atoms with Gasteiger partial charge in [0, 0.05) is 28.8 Å². The molecule has 0 saturated carbocycles. The third-order valence-corrected chi connectivity index (χ3v) is 6.30. The number of hydrogen-bond acceptors (Lipinski definition) is 2. The molecular weight excluding hydrogens is 395 g/mol. The van der Waals surface area contributed by atoms with E-state index in [0.29, 0.717) is 12.5 Å². The van der Waals surface area contributed by atoms with E-state index in [0.717, 1.165) is 41.5 Å². The number of thioether (sulfide) groups is 1. The van der Waals surface area contributed by atoms with Crippen LogP contribution in [0.3, 0.4) is 0 Å². The van der Waals surface area contributed by atoms with Crippen molar-refractivity contribution in [3.8, 4) is 0 Å². The standard InChI is InChI=1S/C22H26ClFN2OS/c1-16(2)13-25(14-17-4-3-5-19(23)12-17)15-21(27)26-10-11-28-22(26)18-6-8-20(24)9-7-18/h3-9,12,16,22H,10-11,13-15H2,1-2H3/p+1/t22-/m0/s1. The second-order valence-corrected chi connectivity index (χ2v) is 9.32. The Morgan fingerprint density at radius 1 is 1.29 bits per heavy atom. The first-order valence-electron chi connectivity index (χ1n) is 9.67. The number of carbonyl (C=O) groups excluding carboxylic acids is 1. The molecule has 1 aliphatic rings. The number of carbonyl (C=O) groups is 1. The van der Waals surface area contributed by atoms with Crippen LogP contribution in [0.1, 0.15) is 30.3 Å². The molecule has 0 bridgehead atoms. The molecule has 150 valence electrons. The number of quaternary nitrogens is 1. The summed E-state index contributed by atoms with van der Waals surface area (Å²) in [6.07, 6.45) is 0. The fourth-order valence-corrected chi connectivity index (χ4v) is 5.15. The fraction of sp³-hybridized carbons (Fsp3) is 0.409. The predicted molar refractivity (Wildman–Crippen MR) is 114 cm³/mol. The van der Waals surface area contributed by atoms with Gasteiger partial charge in [0.25, 0.3) is 5.91 Å². The highest BCUT2D eigenvalue weighted by molar-refractivity contribution is 7.99. The lowest BCUT2D eigenvalue weighted by molar-refractivity contribution is -0.909. The van der Waals surface area contributed by atoms with Gasteiger partial charge in [-0.1, -0.05) is 49.7 Å². The number of hydrogen-bond donors (Lipinski definition) is 1. The number of amides is 1. The number of benzene rings is 2. The van der Waals surface area contributed by atoms with Crippen molar-refractivity contribution >= 4 is 29.3 Å². The van der Waals surface area contributed by atoms with E-state index in [-0.39, 0.29) is 17.1 Å². The normalized spacial score (nSPS) is 17.9. The minimum Gasteiger partial charge on any atom is -0.323 e. The summed E-state index contributed by atoms with van der Waals surface area (Å²) in [5, 5.41) is 0.694. The van der Waals surface area contributed by atoms with E-state index >= 15 is 0 Å². The van der Waals surface area contributed by atoms with E-state index < -0.39 is 0 Å². The Bertz CT molecular complexity index is 799. The molecule has 1 saturated heterocycles. The summed E-state index contributed by atoms with van der Waals surface area (Å²) in [7, 11) is 0. The quantitative estimate of drug-likeness (QED) is 0.735. The molecule has 1 fully saturated rings. The van der Waals surface area contributed by atoms with Crippen LogP contribution in [-0.2, 0) is 11.3 Å². The zero-order valence-electron chi connectivity index (χ0n) is 16.3. The van der Waals surface area contributed by atoms with Crippen LogP contribution in [0.5, 0.6) is 0 Å². The summed E-state index contributed by atoms with van der Waals surface area (Å²) in [4.78, 5) is 16.3. The van der Waals surface area contributed by atoms with Crippen LogP contribution in [0.4, 0.5) is 4.39 Å². The molecule has 0 radical (unpaired) electrons. The van der Waals surface area contributed by atoms with Crippen molar-refractivity contribution in [2.75, 3.05) is 25.4 Å². The lowest BCUT2D eigenvalue weighted by atomic mass is 10.1. The second-order valence-electron chi connectivity index (χ2n) is 7.69. The number of nitrogens with zero attached hydrogens (tertiary/aromatic N) is 1. The van der Waals surface area contributed by atoms with Crippen molar-refractivity contribution in [3.05, 3.63) is 70.5 Å². The van der Waals surface area contributed by atoms with Crippen LogP contribution in [0, 0.1) is 11.7 Å². The third kappa shape index (κ3) is 5.72. The van der Waals surface area contributed by atoms with Gasteiger partial charge in [-0.3, -0.25) is 4.79 Å². The Morgan fingerprint density at radius 2 is 2.04 bits per heavy atom. The number of rotatable bonds is 7. The molecule has 0 spiro atoms. The molecule has 0 aromatic heterocycles. The van der Waals surface area contributed by atoms with Crippen molar-refractivity contribution < 1.29 is 14.1 Å². The molecule has 3 rings (SSSR count). The van der Waals surface area contributed by atoms with Gasteiger partial charge in [-0.2, -0.15) is 0 Å². The van der Waals surface area contributed by atoms with Gasteiger partial charge in [-0.15, -0.1) is 11.8 Å². The first-order chi connectivity index (χ1) is 13.4. The first kappa shape index (κ1) is 21.2. The summed E-state index contributed by atoms with van der Waals surface area (Å²) >= 11 is 7.87. The summed E-state index contributed by atoms with van der Waals surface area (Å²) in [6, 6.07) is 14.3. The molecule has 2 aromatic carbocycles. The Labute approximate surface area is 175 Å². The molecule has 3 nitrogen and oxygen atoms in total. The SMILES string of the molecule is CC(C)C[NH+](CC(=O)N1CCS[C@H]1c1ccc(F)cc1)Cc1cccc(Cl)c1. The van der Waals surface area contributed by atoms with Gasteiger partial charge < -0.3 is 9.80 Å². The van der Waals surface area contributed by atoms with E-state index in [4.69, 9.17) is 11.6 Å². The van der Waals surface area contributed by atoms with E-state index in [2.05, 4.69) is 19.9 Å². The highest BCUT2D eigenvalue weighted by Gasteiger charge is 2.32. The van der Waals surface area contributed by atoms with Crippen molar-refractivity contribution in [2.45, 2.75) is 25.8 Å². The summed E-state index contributed by atoms with van der Waals surface area (Å²) < 4.78 is 13.3. The van der Waals surface area contributed by atoms with Gasteiger partial charge in [-0.05, 0) is 29.8 Å². The smallest absolute Gasteiger partial charge is 0.278 e. The topological polar surface area (TPSA) is 24.8 Å².